The van der Waals surface area contributed by atoms with Crippen LogP contribution in [0.2, 0.25) is 0 Å². The van der Waals surface area contributed by atoms with Crippen molar-refractivity contribution < 1.29 is 31.1 Å². The van der Waals surface area contributed by atoms with Gasteiger partial charge < -0.3 is 4.74 Å². The van der Waals surface area contributed by atoms with Crippen molar-refractivity contribution in [1.82, 2.24) is 0 Å². The minimum absolute atomic E-state index is 0.342. The molecule has 5 atom stereocenters. The normalized spacial score (nSPS) is 46.2. The summed E-state index contributed by atoms with van der Waals surface area (Å²) in [5, 5.41) is 0. The maximum absolute atomic E-state index is 14.3. The second-order valence-electron chi connectivity index (χ2n) is 5.48. The smallest absolute Gasteiger partial charge is 0.341 e. The topological polar surface area (TPSA) is 9.23 Å². The molecule has 0 heterocycles. The van der Waals surface area contributed by atoms with Crippen LogP contribution in [-0.4, -0.2) is 24.6 Å². The standard InChI is InChI=1S/C12H12F6O/c13-10(14,15)3-4-19-12(18)9-7-2-1-6(5-7)8(9)11(12,16)17/h1-2,6-9H,3-5H2. The van der Waals surface area contributed by atoms with Crippen LogP contribution < -0.4 is 0 Å². The Morgan fingerprint density at radius 2 is 1.63 bits per heavy atom. The van der Waals surface area contributed by atoms with Gasteiger partial charge in [-0.15, -0.1) is 0 Å². The molecule has 7 heteroatoms. The van der Waals surface area contributed by atoms with E-state index in [4.69, 9.17) is 0 Å². The van der Waals surface area contributed by atoms with E-state index in [1.165, 1.54) is 0 Å². The molecule has 1 nitrogen and oxygen atoms in total. The van der Waals surface area contributed by atoms with Crippen molar-refractivity contribution in [1.29, 1.82) is 0 Å². The van der Waals surface area contributed by atoms with E-state index in [-0.39, 0.29) is 11.8 Å². The molecule has 2 bridgehead atoms. The molecule has 2 saturated carbocycles. The highest BCUT2D eigenvalue weighted by Gasteiger charge is 2.83. The van der Waals surface area contributed by atoms with E-state index in [1.807, 2.05) is 0 Å². The zero-order chi connectivity index (χ0) is 14.1. The lowest BCUT2D eigenvalue weighted by molar-refractivity contribution is -0.405. The molecule has 0 saturated heterocycles. The number of hydrogen-bond donors (Lipinski definition) is 0. The van der Waals surface area contributed by atoms with Gasteiger partial charge in [0.2, 0.25) is 0 Å². The molecule has 3 rings (SSSR count). The molecular weight excluding hydrogens is 274 g/mol. The molecule has 3 aliphatic carbocycles. The Hall–Kier alpha value is -0.720. The van der Waals surface area contributed by atoms with Crippen molar-refractivity contribution in [3.63, 3.8) is 0 Å². The summed E-state index contributed by atoms with van der Waals surface area (Å²) in [4.78, 5) is 0. The molecule has 0 aromatic rings. The third-order valence-corrected chi connectivity index (χ3v) is 4.46. The molecule has 0 amide bonds. The molecule has 0 N–H and O–H groups in total. The number of rotatable bonds is 3. The van der Waals surface area contributed by atoms with Gasteiger partial charge >= 0.3 is 12.1 Å². The second-order valence-corrected chi connectivity index (χ2v) is 5.48. The predicted octanol–water partition coefficient (Wildman–Crippen LogP) is 3.71. The van der Waals surface area contributed by atoms with Crippen LogP contribution in [0.3, 0.4) is 0 Å². The van der Waals surface area contributed by atoms with E-state index < -0.39 is 42.8 Å². The fraction of sp³-hybridized carbons (Fsp3) is 0.833. The van der Waals surface area contributed by atoms with E-state index in [0.29, 0.717) is 6.42 Å². The lowest BCUT2D eigenvalue weighted by Gasteiger charge is -2.55. The molecule has 0 aliphatic heterocycles. The zero-order valence-electron chi connectivity index (χ0n) is 9.76. The average molecular weight is 286 g/mol. The van der Waals surface area contributed by atoms with Crippen LogP contribution in [0.25, 0.3) is 0 Å². The van der Waals surface area contributed by atoms with E-state index in [2.05, 4.69) is 4.74 Å². The van der Waals surface area contributed by atoms with Gasteiger partial charge in [0, 0.05) is 11.8 Å². The van der Waals surface area contributed by atoms with Crippen molar-refractivity contribution in [3.8, 4) is 0 Å². The maximum atomic E-state index is 14.3. The summed E-state index contributed by atoms with van der Waals surface area (Å²) in [6.45, 7) is -1.07. The van der Waals surface area contributed by atoms with Gasteiger partial charge in [0.05, 0.1) is 13.0 Å². The summed E-state index contributed by atoms with van der Waals surface area (Å²) in [5.74, 6) is -9.80. The molecule has 0 aromatic carbocycles. The second kappa shape index (κ2) is 3.68. The summed E-state index contributed by atoms with van der Waals surface area (Å²) in [6.07, 6.45) is -2.20. The molecule has 5 unspecified atom stereocenters. The van der Waals surface area contributed by atoms with Crippen LogP contribution in [0.1, 0.15) is 12.8 Å². The van der Waals surface area contributed by atoms with Crippen molar-refractivity contribution >= 4 is 0 Å². The fourth-order valence-corrected chi connectivity index (χ4v) is 3.68. The predicted molar refractivity (Wildman–Crippen MR) is 53.1 cm³/mol. The van der Waals surface area contributed by atoms with Crippen LogP contribution in [0.5, 0.6) is 0 Å². The Kier molecular flexibility index (Phi) is 2.57. The van der Waals surface area contributed by atoms with Crippen LogP contribution in [-0.2, 0) is 4.74 Å². The van der Waals surface area contributed by atoms with Gasteiger partial charge in [0.1, 0.15) is 0 Å². The molecule has 0 spiro atoms. The molecule has 0 aromatic heterocycles. The molecule has 2 fully saturated rings. The largest absolute Gasteiger partial charge is 0.391 e. The Morgan fingerprint density at radius 3 is 2.21 bits per heavy atom. The number of allylic oxidation sites excluding steroid dienone is 2. The lowest BCUT2D eigenvalue weighted by atomic mass is 9.60. The van der Waals surface area contributed by atoms with Gasteiger partial charge in [-0.05, 0) is 18.3 Å². The highest BCUT2D eigenvalue weighted by atomic mass is 19.4. The van der Waals surface area contributed by atoms with E-state index >= 15 is 0 Å². The molecule has 19 heavy (non-hydrogen) atoms. The first kappa shape index (κ1) is 13.3. The van der Waals surface area contributed by atoms with Gasteiger partial charge in [0.25, 0.3) is 5.85 Å². The van der Waals surface area contributed by atoms with E-state index in [0.717, 1.165) is 0 Å². The summed E-state index contributed by atoms with van der Waals surface area (Å²) >= 11 is 0. The molecule has 108 valence electrons. The summed E-state index contributed by atoms with van der Waals surface area (Å²) in [7, 11) is 0. The third-order valence-electron chi connectivity index (χ3n) is 4.46. The minimum Gasteiger partial charge on any atom is -0.341 e. The van der Waals surface area contributed by atoms with E-state index in [9.17, 15) is 26.3 Å². The molecular formula is C12H12F6O. The number of fused-ring (bicyclic) bond motifs is 5. The van der Waals surface area contributed by atoms with Crippen LogP contribution in [0.4, 0.5) is 26.3 Å². The maximum Gasteiger partial charge on any atom is 0.391 e. The van der Waals surface area contributed by atoms with Crippen molar-refractivity contribution in [2.45, 2.75) is 30.8 Å². The van der Waals surface area contributed by atoms with Crippen molar-refractivity contribution in [2.24, 2.45) is 23.7 Å². The minimum atomic E-state index is -4.54. The van der Waals surface area contributed by atoms with Crippen molar-refractivity contribution in [3.05, 3.63) is 12.2 Å². The Bertz CT molecular complexity index is 417. The fourth-order valence-electron chi connectivity index (χ4n) is 3.68. The van der Waals surface area contributed by atoms with Crippen LogP contribution >= 0.6 is 0 Å². The summed E-state index contributed by atoms with van der Waals surface area (Å²) in [5.41, 5.74) is 0. The SMILES string of the molecule is FC(F)(F)CCOC1(F)C2C3C=CC(C3)C2C1(F)F. The van der Waals surface area contributed by atoms with Gasteiger partial charge in [0.15, 0.2) is 0 Å². The first-order valence-corrected chi connectivity index (χ1v) is 6.12. The van der Waals surface area contributed by atoms with Crippen LogP contribution in [0, 0.1) is 23.7 Å². The monoisotopic (exact) mass is 286 g/mol. The summed E-state index contributed by atoms with van der Waals surface area (Å²) in [6, 6.07) is 0. The first-order chi connectivity index (χ1) is 8.67. The van der Waals surface area contributed by atoms with Gasteiger partial charge in [-0.1, -0.05) is 12.2 Å². The average Bonchev–Trinajstić information content (AvgIpc) is 2.85. The molecule has 0 radical (unpaired) electrons. The van der Waals surface area contributed by atoms with Crippen LogP contribution in [0.15, 0.2) is 12.2 Å². The van der Waals surface area contributed by atoms with Gasteiger partial charge in [-0.2, -0.15) is 22.0 Å². The zero-order valence-corrected chi connectivity index (χ0v) is 9.76. The Labute approximate surface area is 105 Å². The molecule has 3 aliphatic rings. The lowest BCUT2D eigenvalue weighted by Crippen LogP contribution is -2.71. The first-order valence-electron chi connectivity index (χ1n) is 6.12. The highest BCUT2D eigenvalue weighted by Crippen LogP contribution is 2.71. The number of alkyl halides is 6. The number of halogens is 6. The Balaban J connectivity index is 1.71. The van der Waals surface area contributed by atoms with Gasteiger partial charge in [-0.25, -0.2) is 4.39 Å². The third kappa shape index (κ3) is 1.66. The number of hydrogen-bond acceptors (Lipinski definition) is 1. The van der Waals surface area contributed by atoms with E-state index in [1.54, 1.807) is 12.2 Å². The van der Waals surface area contributed by atoms with Gasteiger partial charge in [-0.3, -0.25) is 0 Å². The quantitative estimate of drug-likeness (QED) is 0.567. The number of ether oxygens (including phenoxy) is 1. The Morgan fingerprint density at radius 1 is 1.05 bits per heavy atom. The summed E-state index contributed by atoms with van der Waals surface area (Å²) < 4.78 is 82.1. The van der Waals surface area contributed by atoms with Crippen molar-refractivity contribution in [2.75, 3.05) is 6.61 Å². The highest BCUT2D eigenvalue weighted by molar-refractivity contribution is 5.27.